The predicted octanol–water partition coefficient (Wildman–Crippen LogP) is 6.06. The van der Waals surface area contributed by atoms with E-state index in [1.165, 1.54) is 33.3 Å². The number of nitrogens with zero attached hydrogens (tertiary/aromatic N) is 3. The van der Waals surface area contributed by atoms with Gasteiger partial charge in [-0.3, -0.25) is 0 Å². The van der Waals surface area contributed by atoms with E-state index in [1.807, 2.05) is 56.3 Å². The van der Waals surface area contributed by atoms with Gasteiger partial charge in [0.25, 0.3) is 0 Å². The Morgan fingerprint density at radius 3 is 2.07 bits per heavy atom. The molecule has 3 aliphatic rings. The molecule has 7 nitrogen and oxygen atoms in total. The number of hydrogen-bond donors (Lipinski definition) is 2. The first-order valence-electron chi connectivity index (χ1n) is 14.1. The molecule has 3 heterocycles. The van der Waals surface area contributed by atoms with Crippen LogP contribution in [-0.4, -0.2) is 79.5 Å². The van der Waals surface area contributed by atoms with E-state index in [2.05, 4.69) is 56.9 Å². The van der Waals surface area contributed by atoms with Gasteiger partial charge >= 0.3 is 0 Å². The molecule has 224 valence electrons. The second-order valence-electron chi connectivity index (χ2n) is 10.1. The van der Waals surface area contributed by atoms with Gasteiger partial charge in [0.2, 0.25) is 5.88 Å². The van der Waals surface area contributed by atoms with Gasteiger partial charge in [0.1, 0.15) is 16.5 Å². The number of fused-ring (bicyclic) bond motifs is 3. The lowest BCUT2D eigenvalue weighted by Crippen LogP contribution is -2.48. The Balaban J connectivity index is 0.000000327. The van der Waals surface area contributed by atoms with Gasteiger partial charge in [-0.25, -0.2) is 4.98 Å². The minimum absolute atomic E-state index is 0.0502. The first-order valence-corrected chi connectivity index (χ1v) is 15.2. The number of pyridine rings is 1. The maximum absolute atomic E-state index is 12.2. The van der Waals surface area contributed by atoms with Crippen LogP contribution in [0.5, 0.6) is 11.6 Å². The summed E-state index contributed by atoms with van der Waals surface area (Å²) in [5.74, 6) is 0.779. The molecule has 41 heavy (non-hydrogen) atoms. The van der Waals surface area contributed by atoms with Crippen molar-refractivity contribution in [3.63, 3.8) is 0 Å². The summed E-state index contributed by atoms with van der Waals surface area (Å²) < 4.78 is 13.1. The molecule has 1 aromatic heterocycles. The number of rotatable bonds is 3. The van der Waals surface area contributed by atoms with Crippen LogP contribution < -0.4 is 9.47 Å². The topological polar surface area (TPSA) is 78.3 Å². The Bertz CT molecular complexity index is 1230. The zero-order chi connectivity index (χ0) is 30.2. The molecule has 6 rings (SSSR count). The largest absolute Gasteiger partial charge is 0.481 e. The number of methoxy groups -OCH3 is 1. The second kappa shape index (κ2) is 14.8. The average Bonchev–Trinajstić information content (AvgIpc) is 3.43. The van der Waals surface area contributed by atoms with E-state index >= 15 is 0 Å². The molecule has 3 unspecified atom stereocenters. The standard InChI is InChI=1S/C23H19BrClNO3.C6H14N2.C2H6.CH4O/c1-28-21-20-18(13-19(25)26-21)29-23(15-7-9-16(24)10-8-15)17(11-12-22(20,23)27)14-5-3-2-4-6-14;1-7-3-5-8(2)6-4-7;2*1-2/h2-10,13,17,27H,11-12H2,1H3;3-6H2,1-2H3;1-2H3;2H,1H3. The van der Waals surface area contributed by atoms with E-state index in [4.69, 9.17) is 26.2 Å². The van der Waals surface area contributed by atoms with Crippen LogP contribution >= 0.6 is 27.5 Å². The van der Waals surface area contributed by atoms with Gasteiger partial charge in [0.05, 0.1) is 12.7 Å². The maximum atomic E-state index is 12.2. The Morgan fingerprint density at radius 2 is 1.54 bits per heavy atom. The zero-order valence-electron chi connectivity index (χ0n) is 24.9. The number of benzene rings is 2. The monoisotopic (exact) mass is 647 g/mol. The third-order valence-electron chi connectivity index (χ3n) is 7.90. The highest BCUT2D eigenvalue weighted by atomic mass is 79.9. The molecule has 2 N–H and O–H groups in total. The Morgan fingerprint density at radius 1 is 0.976 bits per heavy atom. The minimum Gasteiger partial charge on any atom is -0.481 e. The van der Waals surface area contributed by atoms with Crippen molar-refractivity contribution in [3.05, 3.63) is 87.0 Å². The molecule has 3 atom stereocenters. The minimum atomic E-state index is -1.29. The van der Waals surface area contributed by atoms with E-state index in [1.54, 1.807) is 6.07 Å². The summed E-state index contributed by atoms with van der Waals surface area (Å²) in [6.45, 7) is 8.93. The number of piperazine rings is 1. The number of ether oxygens (including phenoxy) is 2. The van der Waals surface area contributed by atoms with Crippen LogP contribution in [0.2, 0.25) is 5.15 Å². The molecular weight excluding hydrogens is 606 g/mol. The maximum Gasteiger partial charge on any atom is 0.224 e. The second-order valence-corrected chi connectivity index (χ2v) is 11.4. The lowest BCUT2D eigenvalue weighted by atomic mass is 9.72. The van der Waals surface area contributed by atoms with Crippen molar-refractivity contribution < 1.29 is 19.7 Å². The van der Waals surface area contributed by atoms with E-state index in [-0.39, 0.29) is 11.1 Å². The van der Waals surface area contributed by atoms with Gasteiger partial charge < -0.3 is 29.5 Å². The number of halogens is 2. The molecule has 2 fully saturated rings. The van der Waals surface area contributed by atoms with Gasteiger partial charge in [-0.1, -0.05) is 83.8 Å². The molecule has 0 bridgehead atoms. The van der Waals surface area contributed by atoms with Crippen molar-refractivity contribution in [2.75, 3.05) is 54.5 Å². The van der Waals surface area contributed by atoms with E-state index < -0.39 is 11.2 Å². The number of aliphatic hydroxyl groups excluding tert-OH is 1. The van der Waals surface area contributed by atoms with Crippen molar-refractivity contribution in [2.24, 2.45) is 0 Å². The highest BCUT2D eigenvalue weighted by Gasteiger charge is 2.69. The smallest absolute Gasteiger partial charge is 0.224 e. The molecule has 0 radical (unpaired) electrons. The van der Waals surface area contributed by atoms with E-state index in [0.29, 0.717) is 23.6 Å². The summed E-state index contributed by atoms with van der Waals surface area (Å²) in [5, 5.41) is 19.5. The lowest BCUT2D eigenvalue weighted by Gasteiger charge is -2.40. The molecule has 9 heteroatoms. The van der Waals surface area contributed by atoms with Crippen LogP contribution in [0.3, 0.4) is 0 Å². The molecule has 0 amide bonds. The van der Waals surface area contributed by atoms with Crippen LogP contribution in [0.25, 0.3) is 0 Å². The van der Waals surface area contributed by atoms with E-state index in [9.17, 15) is 5.11 Å². The molecule has 3 aromatic rings. The van der Waals surface area contributed by atoms with Crippen molar-refractivity contribution in [1.29, 1.82) is 0 Å². The summed E-state index contributed by atoms with van der Waals surface area (Å²) in [4.78, 5) is 9.02. The third-order valence-corrected chi connectivity index (χ3v) is 8.62. The Labute approximate surface area is 258 Å². The zero-order valence-corrected chi connectivity index (χ0v) is 27.2. The summed E-state index contributed by atoms with van der Waals surface area (Å²) in [7, 11) is 6.88. The first-order chi connectivity index (χ1) is 19.8. The lowest BCUT2D eigenvalue weighted by molar-refractivity contribution is -0.106. The van der Waals surface area contributed by atoms with Crippen molar-refractivity contribution in [2.45, 2.75) is 43.8 Å². The molecule has 2 aliphatic heterocycles. The fourth-order valence-electron chi connectivity index (χ4n) is 5.94. The van der Waals surface area contributed by atoms with Crippen molar-refractivity contribution in [1.82, 2.24) is 14.8 Å². The van der Waals surface area contributed by atoms with Gasteiger partial charge in [-0.15, -0.1) is 0 Å². The van der Waals surface area contributed by atoms with Gasteiger partial charge in [-0.2, -0.15) is 0 Å². The van der Waals surface area contributed by atoms with Crippen LogP contribution in [0, 0.1) is 0 Å². The fourth-order valence-corrected chi connectivity index (χ4v) is 6.38. The number of aromatic nitrogens is 1. The van der Waals surface area contributed by atoms with Crippen LogP contribution in [-0.2, 0) is 11.2 Å². The summed E-state index contributed by atoms with van der Waals surface area (Å²) in [6, 6.07) is 19.8. The normalized spacial score (nSPS) is 24.7. The van der Waals surface area contributed by atoms with Crippen LogP contribution in [0.1, 0.15) is 49.3 Å². The van der Waals surface area contributed by atoms with Gasteiger partial charge in [0.15, 0.2) is 5.60 Å². The Hall–Kier alpha value is -2.20. The van der Waals surface area contributed by atoms with Crippen LogP contribution in [0.4, 0.5) is 0 Å². The number of hydrogen-bond acceptors (Lipinski definition) is 7. The van der Waals surface area contributed by atoms with Crippen molar-refractivity contribution in [3.8, 4) is 11.6 Å². The molecule has 0 spiro atoms. The van der Waals surface area contributed by atoms with Crippen LogP contribution in [0.15, 0.2) is 65.1 Å². The molecular formula is C32H43BrClN3O4. The summed E-state index contributed by atoms with van der Waals surface area (Å²) in [5.41, 5.74) is 0.309. The quantitative estimate of drug-likeness (QED) is 0.335. The highest BCUT2D eigenvalue weighted by Crippen LogP contribution is 2.68. The molecule has 1 saturated carbocycles. The molecule has 2 aromatic carbocycles. The summed E-state index contributed by atoms with van der Waals surface area (Å²) in [6.07, 6.45) is 1.29. The fraction of sp³-hybridized carbons (Fsp3) is 0.469. The SMILES string of the molecule is CC.CN1CCN(C)CC1.CO.COc1nc(Cl)cc2c1C1(O)CCC(c3ccccc3)C1(c1ccc(Br)cc1)O2. The average molecular weight is 649 g/mol. The molecule has 1 saturated heterocycles. The summed E-state index contributed by atoms with van der Waals surface area (Å²) >= 11 is 9.72. The van der Waals surface area contributed by atoms with Crippen molar-refractivity contribution >= 4 is 27.5 Å². The number of likely N-dealkylation sites (N-methyl/N-ethyl adjacent to an activating group) is 2. The molecule has 1 aliphatic carbocycles. The van der Waals surface area contributed by atoms with Gasteiger partial charge in [-0.05, 0) is 50.2 Å². The van der Waals surface area contributed by atoms with Gasteiger partial charge in [0, 0.05) is 49.7 Å². The third kappa shape index (κ3) is 6.58. The Kier molecular flexibility index (Phi) is 12.0. The predicted molar refractivity (Wildman–Crippen MR) is 169 cm³/mol. The van der Waals surface area contributed by atoms with E-state index in [0.717, 1.165) is 29.1 Å². The first kappa shape index (κ1) is 33.3. The number of aliphatic hydroxyl groups is 2. The highest BCUT2D eigenvalue weighted by molar-refractivity contribution is 9.10.